The third kappa shape index (κ3) is 3.91. The highest BCUT2D eigenvalue weighted by molar-refractivity contribution is 6.02. The van der Waals surface area contributed by atoms with Crippen molar-refractivity contribution in [2.45, 2.75) is 13.5 Å². The molecule has 4 nitrogen and oxygen atoms in total. The van der Waals surface area contributed by atoms with Crippen molar-refractivity contribution in [2.24, 2.45) is 5.10 Å². The van der Waals surface area contributed by atoms with Gasteiger partial charge in [0.25, 0.3) is 0 Å². The van der Waals surface area contributed by atoms with Gasteiger partial charge in [0, 0.05) is 11.1 Å². The van der Waals surface area contributed by atoms with Crippen molar-refractivity contribution in [1.82, 2.24) is 5.43 Å². The highest BCUT2D eigenvalue weighted by atomic mass is 16.5. The molecule has 0 aliphatic rings. The second kappa shape index (κ2) is 8.20. The molecule has 0 saturated heterocycles. The average molecular weight is 334 g/mol. The SMILES string of the molecule is CCOc1ccc2ccccc2c1/C=N\NCc1ccccc1OC. The largest absolute Gasteiger partial charge is 0.496 e. The van der Waals surface area contributed by atoms with E-state index in [1.54, 1.807) is 7.11 Å². The van der Waals surface area contributed by atoms with Crippen molar-refractivity contribution in [3.05, 3.63) is 71.8 Å². The zero-order valence-electron chi connectivity index (χ0n) is 14.5. The molecule has 0 amide bonds. The molecule has 0 heterocycles. The fourth-order valence-electron chi connectivity index (χ4n) is 2.78. The molecule has 25 heavy (non-hydrogen) atoms. The molecule has 3 rings (SSSR count). The summed E-state index contributed by atoms with van der Waals surface area (Å²) < 4.78 is 11.1. The molecule has 0 unspecified atom stereocenters. The second-order valence-electron chi connectivity index (χ2n) is 5.54. The molecule has 3 aromatic carbocycles. The van der Waals surface area contributed by atoms with Gasteiger partial charge in [-0.15, -0.1) is 0 Å². The van der Waals surface area contributed by atoms with Gasteiger partial charge in [-0.25, -0.2) is 0 Å². The van der Waals surface area contributed by atoms with Crippen molar-refractivity contribution in [2.75, 3.05) is 13.7 Å². The number of para-hydroxylation sites is 1. The molecule has 0 atom stereocenters. The maximum Gasteiger partial charge on any atom is 0.128 e. The van der Waals surface area contributed by atoms with E-state index < -0.39 is 0 Å². The molecule has 0 radical (unpaired) electrons. The number of hydrogen-bond donors (Lipinski definition) is 1. The van der Waals surface area contributed by atoms with Crippen molar-refractivity contribution < 1.29 is 9.47 Å². The lowest BCUT2D eigenvalue weighted by atomic mass is 10.0. The van der Waals surface area contributed by atoms with E-state index in [1.807, 2.05) is 55.6 Å². The number of methoxy groups -OCH3 is 1. The van der Waals surface area contributed by atoms with Gasteiger partial charge in [-0.05, 0) is 29.8 Å². The topological polar surface area (TPSA) is 42.8 Å². The summed E-state index contributed by atoms with van der Waals surface area (Å²) in [6.45, 7) is 3.19. The highest BCUT2D eigenvalue weighted by Crippen LogP contribution is 2.26. The van der Waals surface area contributed by atoms with Gasteiger partial charge in [-0.1, -0.05) is 48.5 Å². The monoisotopic (exact) mass is 334 g/mol. The zero-order valence-corrected chi connectivity index (χ0v) is 14.5. The summed E-state index contributed by atoms with van der Waals surface area (Å²) in [5.41, 5.74) is 5.13. The molecule has 4 heteroatoms. The van der Waals surface area contributed by atoms with Crippen LogP contribution in [-0.4, -0.2) is 19.9 Å². The van der Waals surface area contributed by atoms with E-state index in [1.165, 1.54) is 0 Å². The Morgan fingerprint density at radius 1 is 0.960 bits per heavy atom. The van der Waals surface area contributed by atoms with Crippen molar-refractivity contribution in [3.63, 3.8) is 0 Å². The predicted molar refractivity (Wildman–Crippen MR) is 103 cm³/mol. The number of benzene rings is 3. The standard InChI is InChI=1S/C21H22N2O2/c1-3-25-21-13-12-16-8-4-6-10-18(16)19(21)15-23-22-14-17-9-5-7-11-20(17)24-2/h4-13,15,22H,3,14H2,1-2H3/b23-15-. The first-order valence-corrected chi connectivity index (χ1v) is 8.36. The number of hydrazone groups is 1. The van der Waals surface area contributed by atoms with Crippen LogP contribution in [0.3, 0.4) is 0 Å². The lowest BCUT2D eigenvalue weighted by Gasteiger charge is -2.10. The maximum absolute atomic E-state index is 5.76. The first kappa shape index (κ1) is 16.8. The van der Waals surface area contributed by atoms with Gasteiger partial charge in [-0.2, -0.15) is 5.10 Å². The Hall–Kier alpha value is -3.01. The summed E-state index contributed by atoms with van der Waals surface area (Å²) in [5, 5.41) is 6.68. The van der Waals surface area contributed by atoms with Crippen molar-refractivity contribution in [3.8, 4) is 11.5 Å². The van der Waals surface area contributed by atoms with Gasteiger partial charge >= 0.3 is 0 Å². The molecule has 3 aromatic rings. The van der Waals surface area contributed by atoms with Crippen LogP contribution in [0.1, 0.15) is 18.1 Å². The normalized spacial score (nSPS) is 11.0. The fourth-order valence-corrected chi connectivity index (χ4v) is 2.78. The summed E-state index contributed by atoms with van der Waals surface area (Å²) in [4.78, 5) is 0. The Morgan fingerprint density at radius 2 is 1.76 bits per heavy atom. The van der Waals surface area contributed by atoms with Crippen LogP contribution in [0.15, 0.2) is 65.8 Å². The molecule has 0 spiro atoms. The lowest BCUT2D eigenvalue weighted by molar-refractivity contribution is 0.340. The van der Waals surface area contributed by atoms with Crippen molar-refractivity contribution >= 4 is 17.0 Å². The number of nitrogens with zero attached hydrogens (tertiary/aromatic N) is 1. The Balaban J connectivity index is 1.81. The minimum Gasteiger partial charge on any atom is -0.496 e. The molecule has 0 aromatic heterocycles. The molecule has 128 valence electrons. The fraction of sp³-hybridized carbons (Fsp3) is 0.190. The molecular weight excluding hydrogens is 312 g/mol. The Labute approximate surface area is 148 Å². The van der Waals surface area contributed by atoms with E-state index in [0.29, 0.717) is 13.2 Å². The van der Waals surface area contributed by atoms with Gasteiger partial charge in [0.2, 0.25) is 0 Å². The molecular formula is C21H22N2O2. The first-order chi connectivity index (χ1) is 12.3. The number of fused-ring (bicyclic) bond motifs is 1. The second-order valence-corrected chi connectivity index (χ2v) is 5.54. The summed E-state index contributed by atoms with van der Waals surface area (Å²) in [6, 6.07) is 20.2. The smallest absolute Gasteiger partial charge is 0.128 e. The highest BCUT2D eigenvalue weighted by Gasteiger charge is 2.06. The van der Waals surface area contributed by atoms with Crippen LogP contribution in [0, 0.1) is 0 Å². The summed E-state index contributed by atoms with van der Waals surface area (Å²) in [7, 11) is 1.67. The van der Waals surface area contributed by atoms with Gasteiger partial charge in [0.05, 0.1) is 26.5 Å². The van der Waals surface area contributed by atoms with E-state index in [-0.39, 0.29) is 0 Å². The van der Waals surface area contributed by atoms with Gasteiger partial charge in [0.1, 0.15) is 11.5 Å². The summed E-state index contributed by atoms with van der Waals surface area (Å²) >= 11 is 0. The van der Waals surface area contributed by atoms with E-state index in [4.69, 9.17) is 9.47 Å². The summed E-state index contributed by atoms with van der Waals surface area (Å²) in [6.07, 6.45) is 1.82. The van der Waals surface area contributed by atoms with Gasteiger partial charge < -0.3 is 14.9 Å². The van der Waals surface area contributed by atoms with Crippen LogP contribution < -0.4 is 14.9 Å². The molecule has 0 fully saturated rings. The van der Waals surface area contributed by atoms with Crippen LogP contribution in [0.4, 0.5) is 0 Å². The van der Waals surface area contributed by atoms with E-state index in [2.05, 4.69) is 28.7 Å². The number of rotatable bonds is 7. The Morgan fingerprint density at radius 3 is 2.60 bits per heavy atom. The van der Waals surface area contributed by atoms with Crippen molar-refractivity contribution in [1.29, 1.82) is 0 Å². The third-order valence-electron chi connectivity index (χ3n) is 3.98. The lowest BCUT2D eigenvalue weighted by Crippen LogP contribution is -2.07. The van der Waals surface area contributed by atoms with Crippen LogP contribution in [0.25, 0.3) is 10.8 Å². The van der Waals surface area contributed by atoms with Crippen LogP contribution in [0.5, 0.6) is 11.5 Å². The van der Waals surface area contributed by atoms with Crippen LogP contribution in [0.2, 0.25) is 0 Å². The maximum atomic E-state index is 5.76. The number of hydrogen-bond acceptors (Lipinski definition) is 4. The average Bonchev–Trinajstić information content (AvgIpc) is 2.66. The number of ether oxygens (including phenoxy) is 2. The van der Waals surface area contributed by atoms with Crippen LogP contribution >= 0.6 is 0 Å². The Bertz CT molecular complexity index is 875. The quantitative estimate of drug-likeness (QED) is 0.515. The first-order valence-electron chi connectivity index (χ1n) is 8.36. The molecule has 0 aliphatic heterocycles. The van der Waals surface area contributed by atoms with Crippen LogP contribution in [-0.2, 0) is 6.54 Å². The molecule has 0 saturated carbocycles. The summed E-state index contributed by atoms with van der Waals surface area (Å²) in [5.74, 6) is 1.69. The Kier molecular flexibility index (Phi) is 5.52. The molecule has 0 bridgehead atoms. The minimum absolute atomic E-state index is 0.593. The van der Waals surface area contributed by atoms with Gasteiger partial charge in [-0.3, -0.25) is 0 Å². The van der Waals surface area contributed by atoms with E-state index >= 15 is 0 Å². The number of nitrogens with one attached hydrogen (secondary N) is 1. The molecule has 0 aliphatic carbocycles. The third-order valence-corrected chi connectivity index (χ3v) is 3.98. The van der Waals surface area contributed by atoms with E-state index in [9.17, 15) is 0 Å². The van der Waals surface area contributed by atoms with E-state index in [0.717, 1.165) is 33.4 Å². The zero-order chi connectivity index (χ0) is 17.5. The minimum atomic E-state index is 0.593. The van der Waals surface area contributed by atoms with Gasteiger partial charge in [0.15, 0.2) is 0 Å². The predicted octanol–water partition coefficient (Wildman–Crippen LogP) is 4.37. The molecule has 1 N–H and O–H groups in total.